The first-order chi connectivity index (χ1) is 11.6. The van der Waals surface area contributed by atoms with E-state index in [2.05, 4.69) is 57.5 Å². The molecule has 1 atom stereocenters. The lowest BCUT2D eigenvalue weighted by molar-refractivity contribution is -0.428. The van der Waals surface area contributed by atoms with Gasteiger partial charge in [-0.2, -0.15) is 0 Å². The molecule has 3 rings (SSSR count). The van der Waals surface area contributed by atoms with Crippen molar-refractivity contribution >= 4 is 26.5 Å². The SMILES string of the molecule is O=[N+]([O-])C1=CC=C(C[P+](P)(c2ccccc2)c2ccccc2)CC1. The first kappa shape index (κ1) is 17.0. The van der Waals surface area contributed by atoms with Gasteiger partial charge < -0.3 is 0 Å². The number of benzene rings is 2. The van der Waals surface area contributed by atoms with Gasteiger partial charge >= 0.3 is 0 Å². The van der Waals surface area contributed by atoms with E-state index in [4.69, 9.17) is 0 Å². The second-order valence-corrected chi connectivity index (χ2v) is 11.7. The van der Waals surface area contributed by atoms with Gasteiger partial charge in [0.25, 0.3) is 0 Å². The van der Waals surface area contributed by atoms with Crippen molar-refractivity contribution in [2.24, 2.45) is 0 Å². The second-order valence-electron chi connectivity index (χ2n) is 5.94. The van der Waals surface area contributed by atoms with Gasteiger partial charge in [-0.05, 0) is 36.3 Å². The summed E-state index contributed by atoms with van der Waals surface area (Å²) < 4.78 is 0. The van der Waals surface area contributed by atoms with Crippen LogP contribution in [0, 0.1) is 10.1 Å². The summed E-state index contributed by atoms with van der Waals surface area (Å²) in [5.41, 5.74) is 1.60. The molecule has 3 nitrogen and oxygen atoms in total. The number of rotatable bonds is 5. The highest BCUT2D eigenvalue weighted by Crippen LogP contribution is 2.65. The van der Waals surface area contributed by atoms with Crippen LogP contribution in [0.15, 0.2) is 84.1 Å². The molecular weight excluding hydrogens is 336 g/mol. The van der Waals surface area contributed by atoms with Gasteiger partial charge in [-0.25, -0.2) is 0 Å². The number of nitrogens with zero attached hydrogens (tertiary/aromatic N) is 1. The van der Waals surface area contributed by atoms with Gasteiger partial charge in [-0.3, -0.25) is 10.1 Å². The first-order valence-corrected chi connectivity index (χ1v) is 11.5. The van der Waals surface area contributed by atoms with E-state index in [0.29, 0.717) is 12.1 Å². The van der Waals surface area contributed by atoms with E-state index < -0.39 is 6.95 Å². The number of allylic oxidation sites excluding steroid dienone is 4. The predicted octanol–water partition coefficient (Wildman–Crippen LogP) is 4.33. The maximum absolute atomic E-state index is 10.9. The summed E-state index contributed by atoms with van der Waals surface area (Å²) in [5.74, 6) is 0. The number of hydrogen-bond acceptors (Lipinski definition) is 2. The van der Waals surface area contributed by atoms with Gasteiger partial charge in [0, 0.05) is 21.4 Å². The Morgan fingerprint density at radius 2 is 1.46 bits per heavy atom. The van der Waals surface area contributed by atoms with Crippen molar-refractivity contribution in [2.75, 3.05) is 6.16 Å². The summed E-state index contributed by atoms with van der Waals surface area (Å²) in [6.45, 7) is -1.64. The van der Waals surface area contributed by atoms with Crippen LogP contribution in [0.5, 0.6) is 0 Å². The minimum atomic E-state index is -1.64. The Morgan fingerprint density at radius 1 is 0.917 bits per heavy atom. The highest BCUT2D eigenvalue weighted by molar-refractivity contribution is 8.32. The van der Waals surface area contributed by atoms with E-state index in [0.717, 1.165) is 12.6 Å². The Kier molecular flexibility index (Phi) is 5.23. The summed E-state index contributed by atoms with van der Waals surface area (Å²) in [4.78, 5) is 10.6. The predicted molar refractivity (Wildman–Crippen MR) is 106 cm³/mol. The van der Waals surface area contributed by atoms with Crippen LogP contribution in [-0.2, 0) is 0 Å². The summed E-state index contributed by atoms with van der Waals surface area (Å²) in [5, 5.41) is 13.6. The van der Waals surface area contributed by atoms with Crippen molar-refractivity contribution in [2.45, 2.75) is 12.8 Å². The molecule has 0 radical (unpaired) electrons. The Bertz CT molecular complexity index is 746. The third-order valence-corrected chi connectivity index (χ3v) is 10.0. The molecule has 0 bridgehead atoms. The minimum Gasteiger partial charge on any atom is -0.259 e. The molecule has 0 fully saturated rings. The van der Waals surface area contributed by atoms with Crippen molar-refractivity contribution in [3.8, 4) is 0 Å². The van der Waals surface area contributed by atoms with Crippen LogP contribution in [0.25, 0.3) is 0 Å². The average molecular weight is 356 g/mol. The molecular formula is C19H20NO2P2+. The standard InChI is InChI=1S/C19H20NO2P2/c21-20(22)17-13-11-16(12-14-17)15-24(23,18-7-3-1-4-8-18)19-9-5-2-6-10-19/h1-11,13H,12,14-15,23H2/q+1. The maximum atomic E-state index is 10.9. The quantitative estimate of drug-likeness (QED) is 0.455. The molecule has 1 unspecified atom stereocenters. The number of hydrogen-bond donors (Lipinski definition) is 0. The van der Waals surface area contributed by atoms with Crippen LogP contribution < -0.4 is 10.6 Å². The lowest BCUT2D eigenvalue weighted by Gasteiger charge is -2.24. The third-order valence-electron chi connectivity index (χ3n) is 4.33. The van der Waals surface area contributed by atoms with E-state index in [9.17, 15) is 10.1 Å². The van der Waals surface area contributed by atoms with Gasteiger partial charge in [0.05, 0.1) is 18.0 Å². The molecule has 0 N–H and O–H groups in total. The molecule has 5 heteroatoms. The van der Waals surface area contributed by atoms with E-state index in [1.807, 2.05) is 18.2 Å². The largest absolute Gasteiger partial charge is 0.259 e. The van der Waals surface area contributed by atoms with Gasteiger partial charge in [-0.15, -0.1) is 0 Å². The smallest absolute Gasteiger partial charge is 0.246 e. The van der Waals surface area contributed by atoms with Crippen LogP contribution >= 0.6 is 15.9 Å². The first-order valence-electron chi connectivity index (χ1n) is 7.90. The Morgan fingerprint density at radius 3 is 1.88 bits per heavy atom. The van der Waals surface area contributed by atoms with Crippen LogP contribution in [0.4, 0.5) is 0 Å². The molecule has 0 saturated carbocycles. The Balaban J connectivity index is 1.97. The third kappa shape index (κ3) is 3.64. The normalized spacial score (nSPS) is 14.7. The molecule has 0 saturated heterocycles. The van der Waals surface area contributed by atoms with Crippen LogP contribution in [-0.4, -0.2) is 11.1 Å². The lowest BCUT2D eigenvalue weighted by Crippen LogP contribution is -2.21. The van der Waals surface area contributed by atoms with E-state index >= 15 is 0 Å². The van der Waals surface area contributed by atoms with Crippen molar-refractivity contribution in [1.29, 1.82) is 0 Å². The fourth-order valence-electron chi connectivity index (χ4n) is 2.99. The zero-order valence-corrected chi connectivity index (χ0v) is 15.4. The van der Waals surface area contributed by atoms with Crippen LogP contribution in [0.2, 0.25) is 0 Å². The van der Waals surface area contributed by atoms with Crippen LogP contribution in [0.3, 0.4) is 0 Å². The zero-order valence-electron chi connectivity index (χ0n) is 13.3. The fraction of sp³-hybridized carbons (Fsp3) is 0.158. The topological polar surface area (TPSA) is 43.1 Å². The molecule has 24 heavy (non-hydrogen) atoms. The lowest BCUT2D eigenvalue weighted by atomic mass is 10.0. The molecule has 2 aromatic rings. The molecule has 0 aromatic heterocycles. The maximum Gasteiger partial charge on any atom is 0.246 e. The fourth-order valence-corrected chi connectivity index (χ4v) is 7.71. The van der Waals surface area contributed by atoms with Crippen molar-refractivity contribution in [1.82, 2.24) is 0 Å². The Hall–Kier alpha value is -1.82. The average Bonchev–Trinajstić information content (AvgIpc) is 2.63. The van der Waals surface area contributed by atoms with Crippen LogP contribution in [0.1, 0.15) is 12.8 Å². The molecule has 0 heterocycles. The Labute approximate surface area is 145 Å². The molecule has 0 amide bonds. The summed E-state index contributed by atoms with van der Waals surface area (Å²) in [7, 11) is 3.14. The molecule has 122 valence electrons. The van der Waals surface area contributed by atoms with E-state index in [1.54, 1.807) is 6.08 Å². The monoisotopic (exact) mass is 356 g/mol. The van der Waals surface area contributed by atoms with Gasteiger partial charge in [0.1, 0.15) is 10.6 Å². The van der Waals surface area contributed by atoms with Gasteiger partial charge in [-0.1, -0.05) is 42.5 Å². The van der Waals surface area contributed by atoms with Gasteiger partial charge in [0.15, 0.2) is 0 Å². The number of nitro groups is 1. The highest BCUT2D eigenvalue weighted by Gasteiger charge is 2.39. The minimum absolute atomic E-state index is 0.273. The molecule has 0 aliphatic heterocycles. The molecule has 1 aliphatic rings. The molecule has 1 aliphatic carbocycles. The van der Waals surface area contributed by atoms with E-state index in [-0.39, 0.29) is 4.92 Å². The second kappa shape index (κ2) is 7.38. The highest BCUT2D eigenvalue weighted by atomic mass is 32.1. The summed E-state index contributed by atoms with van der Waals surface area (Å²) in [6.07, 6.45) is 5.85. The zero-order chi connectivity index (χ0) is 17.0. The van der Waals surface area contributed by atoms with Crippen molar-refractivity contribution in [3.63, 3.8) is 0 Å². The summed E-state index contributed by atoms with van der Waals surface area (Å²) in [6, 6.07) is 21.2. The van der Waals surface area contributed by atoms with Crippen molar-refractivity contribution < 1.29 is 4.92 Å². The molecule has 0 spiro atoms. The van der Waals surface area contributed by atoms with E-state index in [1.165, 1.54) is 16.2 Å². The summed E-state index contributed by atoms with van der Waals surface area (Å²) >= 11 is 0. The molecule has 2 aromatic carbocycles. The van der Waals surface area contributed by atoms with Crippen molar-refractivity contribution in [3.05, 3.63) is 94.2 Å². The van der Waals surface area contributed by atoms with Gasteiger partial charge in [0.2, 0.25) is 5.70 Å².